The van der Waals surface area contributed by atoms with E-state index in [0.29, 0.717) is 25.6 Å². The summed E-state index contributed by atoms with van der Waals surface area (Å²) in [7, 11) is 0. The molecule has 2 atom stereocenters. The Bertz CT molecular complexity index is 888. The van der Waals surface area contributed by atoms with Crippen molar-refractivity contribution in [3.63, 3.8) is 0 Å². The van der Waals surface area contributed by atoms with Gasteiger partial charge in [-0.15, -0.1) is 0 Å². The number of rotatable bonds is 3. The largest absolute Gasteiger partial charge is 0.476 e. The third-order valence-electron chi connectivity index (χ3n) is 5.46. The van der Waals surface area contributed by atoms with Crippen molar-refractivity contribution in [2.45, 2.75) is 19.8 Å². The van der Waals surface area contributed by atoms with Gasteiger partial charge in [-0.25, -0.2) is 4.99 Å². The molecule has 5 nitrogen and oxygen atoms in total. The predicted octanol–water partition coefficient (Wildman–Crippen LogP) is 3.56. The van der Waals surface area contributed by atoms with Gasteiger partial charge < -0.3 is 9.64 Å². The number of hydrogen-bond acceptors (Lipinski definition) is 4. The van der Waals surface area contributed by atoms with E-state index in [1.54, 1.807) is 6.08 Å². The Morgan fingerprint density at radius 2 is 2.18 bits per heavy atom. The molecule has 3 aliphatic rings. The quantitative estimate of drug-likeness (QED) is 0.804. The number of dihydropyridines is 1. The second-order valence-electron chi connectivity index (χ2n) is 7.42. The lowest BCUT2D eigenvalue weighted by molar-refractivity contribution is -0.135. The summed E-state index contributed by atoms with van der Waals surface area (Å²) >= 11 is 0. The summed E-state index contributed by atoms with van der Waals surface area (Å²) in [6, 6.07) is 8.17. The highest BCUT2D eigenvalue weighted by atomic mass is 19.1. The number of allylic oxidation sites excluding steroid dienone is 1. The lowest BCUT2D eigenvalue weighted by Gasteiger charge is -2.35. The summed E-state index contributed by atoms with van der Waals surface area (Å²) in [5.41, 5.74) is 3.22. The molecular formula is C22H24FN3O2. The molecule has 0 radical (unpaired) electrons. The Morgan fingerprint density at radius 1 is 1.32 bits per heavy atom. The topological polar surface area (TPSA) is 54.3 Å². The third-order valence-corrected chi connectivity index (χ3v) is 5.46. The molecule has 0 N–H and O–H groups in total. The predicted molar refractivity (Wildman–Crippen MR) is 108 cm³/mol. The first-order valence-electron chi connectivity index (χ1n) is 9.76. The Hall–Kier alpha value is -2.76. The van der Waals surface area contributed by atoms with Crippen LogP contribution in [0, 0.1) is 18.8 Å². The zero-order chi connectivity index (χ0) is 19.5. The molecule has 1 unspecified atom stereocenters. The van der Waals surface area contributed by atoms with Crippen molar-refractivity contribution in [3.8, 4) is 0 Å². The van der Waals surface area contributed by atoms with Crippen LogP contribution in [0.25, 0.3) is 5.70 Å². The molecule has 1 saturated heterocycles. The first-order valence-corrected chi connectivity index (χ1v) is 9.76. The molecular weight excluding hydrogens is 357 g/mol. The van der Waals surface area contributed by atoms with Crippen LogP contribution in [0.15, 0.2) is 52.5 Å². The van der Waals surface area contributed by atoms with Crippen LogP contribution >= 0.6 is 0 Å². The van der Waals surface area contributed by atoms with Crippen LogP contribution in [-0.4, -0.2) is 48.9 Å². The number of aliphatic imine (C=N–C) groups is 2. The van der Waals surface area contributed by atoms with Crippen molar-refractivity contribution in [1.29, 1.82) is 0 Å². The van der Waals surface area contributed by atoms with Crippen molar-refractivity contribution in [3.05, 3.63) is 53.6 Å². The van der Waals surface area contributed by atoms with E-state index in [1.165, 1.54) is 11.6 Å². The van der Waals surface area contributed by atoms with Gasteiger partial charge in [0.1, 0.15) is 6.61 Å². The highest BCUT2D eigenvalue weighted by molar-refractivity contribution is 5.91. The molecule has 0 saturated carbocycles. The molecule has 1 amide bonds. The molecule has 1 aromatic carbocycles. The molecule has 0 spiro atoms. The SMILES string of the molecule is Cc1ccccc1C1=CCOC([C@H]2CCCN(C(=O)C3C=CC(F)=NC3)C2)=N1. The number of nitrogens with zero attached hydrogens (tertiary/aromatic N) is 3. The summed E-state index contributed by atoms with van der Waals surface area (Å²) in [5.74, 6) is -0.0982. The number of benzene rings is 1. The van der Waals surface area contributed by atoms with Gasteiger partial charge in [-0.3, -0.25) is 9.79 Å². The fraction of sp³-hybridized carbons (Fsp3) is 0.409. The highest BCUT2D eigenvalue weighted by Gasteiger charge is 2.32. The van der Waals surface area contributed by atoms with Crippen molar-refractivity contribution in [2.75, 3.05) is 26.2 Å². The molecule has 0 bridgehead atoms. The minimum Gasteiger partial charge on any atom is -0.476 e. The van der Waals surface area contributed by atoms with Gasteiger partial charge >= 0.3 is 0 Å². The molecule has 3 aliphatic heterocycles. The van der Waals surface area contributed by atoms with Crippen molar-refractivity contribution in [1.82, 2.24) is 4.90 Å². The van der Waals surface area contributed by atoms with Crippen LogP contribution in [0.4, 0.5) is 4.39 Å². The number of piperidine rings is 1. The summed E-state index contributed by atoms with van der Waals surface area (Å²) in [6.07, 6.45) is 6.73. The Balaban J connectivity index is 1.47. The number of likely N-dealkylation sites (tertiary alicyclic amines) is 1. The van der Waals surface area contributed by atoms with Crippen LogP contribution in [0.1, 0.15) is 24.0 Å². The summed E-state index contributed by atoms with van der Waals surface area (Å²) < 4.78 is 18.9. The molecule has 4 rings (SSSR count). The summed E-state index contributed by atoms with van der Waals surface area (Å²) in [6.45, 7) is 4.03. The van der Waals surface area contributed by atoms with E-state index >= 15 is 0 Å². The molecule has 28 heavy (non-hydrogen) atoms. The number of ether oxygens (including phenoxy) is 1. The maximum atomic E-state index is 13.1. The van der Waals surface area contributed by atoms with E-state index in [2.05, 4.69) is 24.0 Å². The van der Waals surface area contributed by atoms with Crippen LogP contribution in [0.5, 0.6) is 0 Å². The lowest BCUT2D eigenvalue weighted by atomic mass is 9.95. The average molecular weight is 381 g/mol. The zero-order valence-corrected chi connectivity index (χ0v) is 16.0. The number of hydrogen-bond donors (Lipinski definition) is 0. The minimum atomic E-state index is -0.513. The summed E-state index contributed by atoms with van der Waals surface area (Å²) in [4.78, 5) is 23.2. The Morgan fingerprint density at radius 3 is 2.96 bits per heavy atom. The van der Waals surface area contributed by atoms with Crippen LogP contribution in [-0.2, 0) is 9.53 Å². The maximum Gasteiger partial charge on any atom is 0.231 e. The summed E-state index contributed by atoms with van der Waals surface area (Å²) in [5, 5.41) is 0. The molecule has 0 aliphatic carbocycles. The monoisotopic (exact) mass is 381 g/mol. The van der Waals surface area contributed by atoms with E-state index in [4.69, 9.17) is 9.73 Å². The maximum absolute atomic E-state index is 13.1. The minimum absolute atomic E-state index is 0.00304. The second-order valence-corrected chi connectivity index (χ2v) is 7.42. The van der Waals surface area contributed by atoms with Gasteiger partial charge in [-0.1, -0.05) is 30.3 Å². The van der Waals surface area contributed by atoms with Gasteiger partial charge in [0.05, 0.1) is 24.1 Å². The van der Waals surface area contributed by atoms with Crippen molar-refractivity contribution >= 4 is 23.5 Å². The molecule has 1 aromatic rings. The van der Waals surface area contributed by atoms with E-state index in [0.717, 1.165) is 24.1 Å². The van der Waals surface area contributed by atoms with E-state index in [9.17, 15) is 9.18 Å². The first-order chi connectivity index (χ1) is 13.6. The van der Waals surface area contributed by atoms with Crippen LogP contribution in [0.2, 0.25) is 0 Å². The van der Waals surface area contributed by atoms with Crippen molar-refractivity contribution in [2.24, 2.45) is 21.8 Å². The molecule has 3 heterocycles. The number of carbonyl (C=O) groups is 1. The van der Waals surface area contributed by atoms with Gasteiger partial charge in [-0.2, -0.15) is 4.39 Å². The normalized spacial score (nSPS) is 24.8. The molecule has 146 valence electrons. The number of halogens is 1. The molecule has 0 aromatic heterocycles. The van der Waals surface area contributed by atoms with Gasteiger partial charge in [0, 0.05) is 18.7 Å². The van der Waals surface area contributed by atoms with E-state index < -0.39 is 5.97 Å². The van der Waals surface area contributed by atoms with Gasteiger partial charge in [0.2, 0.25) is 11.9 Å². The molecule has 6 heteroatoms. The standard InChI is InChI=1S/C22H24FN3O2/c1-15-5-2-3-7-18(15)19-10-12-28-21(25-19)17-6-4-11-26(14-17)22(27)16-8-9-20(23)24-13-16/h2-3,5,7-10,16-17H,4,6,11-14H2,1H3/t16?,17-/m0/s1. The number of carbonyl (C=O) groups excluding carboxylic acids is 1. The highest BCUT2D eigenvalue weighted by Crippen LogP contribution is 2.27. The third kappa shape index (κ3) is 3.91. The smallest absolute Gasteiger partial charge is 0.231 e. The van der Waals surface area contributed by atoms with Crippen LogP contribution < -0.4 is 0 Å². The fourth-order valence-electron chi connectivity index (χ4n) is 3.91. The average Bonchev–Trinajstić information content (AvgIpc) is 2.74. The lowest BCUT2D eigenvalue weighted by Crippen LogP contribution is -2.46. The van der Waals surface area contributed by atoms with Gasteiger partial charge in [0.25, 0.3) is 0 Å². The van der Waals surface area contributed by atoms with E-state index in [1.807, 2.05) is 23.1 Å². The number of amides is 1. The van der Waals surface area contributed by atoms with Gasteiger partial charge in [-0.05, 0) is 37.5 Å². The second kappa shape index (κ2) is 8.09. The Labute approximate surface area is 164 Å². The molecule has 1 fully saturated rings. The van der Waals surface area contributed by atoms with Crippen molar-refractivity contribution < 1.29 is 13.9 Å². The zero-order valence-electron chi connectivity index (χ0n) is 16.0. The van der Waals surface area contributed by atoms with Gasteiger partial charge in [0.15, 0.2) is 5.90 Å². The van der Waals surface area contributed by atoms with E-state index in [-0.39, 0.29) is 24.3 Å². The number of aryl methyl sites for hydroxylation is 1. The first kappa shape index (κ1) is 18.6. The fourth-order valence-corrected chi connectivity index (χ4v) is 3.91. The van der Waals surface area contributed by atoms with Crippen LogP contribution in [0.3, 0.4) is 0 Å². The Kier molecular flexibility index (Phi) is 5.37.